The first-order valence-electron chi connectivity index (χ1n) is 12.6. The Bertz CT molecular complexity index is 2030. The van der Waals surface area contributed by atoms with Gasteiger partial charge in [-0.05, 0) is 54.8 Å². The van der Waals surface area contributed by atoms with Gasteiger partial charge in [-0.3, -0.25) is 14.2 Å². The minimum Gasteiger partial charge on any atom is -0.361 e. The number of halogens is 2. The van der Waals surface area contributed by atoms with Gasteiger partial charge in [-0.25, -0.2) is 14.4 Å². The van der Waals surface area contributed by atoms with E-state index in [1.807, 2.05) is 44.2 Å². The van der Waals surface area contributed by atoms with Crippen LogP contribution in [0, 0.1) is 12.7 Å². The second-order valence-electron chi connectivity index (χ2n) is 9.52. The Hall–Kier alpha value is -4.82. The van der Waals surface area contributed by atoms with Crippen LogP contribution in [0.15, 0.2) is 94.9 Å². The zero-order valence-corrected chi connectivity index (χ0v) is 22.3. The highest BCUT2D eigenvalue weighted by Gasteiger charge is 2.24. The Balaban J connectivity index is 1.64. The maximum Gasteiger partial charge on any atom is 0.263 e. The monoisotopic (exact) mass is 551 g/mol. The molecule has 6 rings (SSSR count). The molecule has 198 valence electrons. The number of H-pyrrole nitrogens is 1. The van der Waals surface area contributed by atoms with Gasteiger partial charge in [0.05, 0.1) is 22.1 Å². The molecule has 0 saturated heterocycles. The topological polar surface area (TPSA) is 92.7 Å². The number of hydrogen-bond acceptors (Lipinski definition) is 5. The third-order valence-electron chi connectivity index (χ3n) is 7.00. The minimum atomic E-state index is -0.568. The summed E-state index contributed by atoms with van der Waals surface area (Å²) in [4.78, 5) is 38.5. The van der Waals surface area contributed by atoms with Gasteiger partial charge in [-0.1, -0.05) is 54.1 Å². The summed E-state index contributed by atoms with van der Waals surface area (Å²) < 4.78 is 15.9. The van der Waals surface area contributed by atoms with Crippen LogP contribution >= 0.6 is 11.6 Å². The highest BCUT2D eigenvalue weighted by Crippen LogP contribution is 2.37. The van der Waals surface area contributed by atoms with Gasteiger partial charge >= 0.3 is 0 Å². The molecule has 7 nitrogen and oxygen atoms in total. The third kappa shape index (κ3) is 4.23. The zero-order valence-electron chi connectivity index (χ0n) is 21.6. The van der Waals surface area contributed by atoms with Gasteiger partial charge < -0.3 is 10.3 Å². The molecule has 0 aliphatic carbocycles. The SMILES string of the molecule is Cc1ccc(F)cc1-c1cccc2c(Cl)c([C@H](C)Nc3ncnc4[nH]ccc(=O)c34)n(-c3ccccc3)c(=O)c12. The number of hydrogen-bond donors (Lipinski definition) is 2. The molecule has 1 atom stereocenters. The van der Waals surface area contributed by atoms with E-state index in [-0.39, 0.29) is 11.0 Å². The Morgan fingerprint density at radius 1 is 0.950 bits per heavy atom. The molecule has 9 heteroatoms. The number of aromatic amines is 1. The van der Waals surface area contributed by atoms with Gasteiger partial charge in [-0.15, -0.1) is 0 Å². The molecule has 0 spiro atoms. The molecule has 0 unspecified atom stereocenters. The maximum absolute atomic E-state index is 14.4. The van der Waals surface area contributed by atoms with Gasteiger partial charge in [-0.2, -0.15) is 0 Å². The number of benzene rings is 3. The standard InChI is InChI=1S/C31H23ClFN5O2/c1-17-11-12-19(33)15-23(17)21-9-6-10-22-25(21)31(40)38(20-7-4-3-5-8-20)28(27(22)32)18(2)37-30-26-24(39)13-14-34-29(26)35-16-36-30/h3-16,18H,1-2H3,(H2,34,35,36,37,39)/t18-/m0/s1. The number of rotatable bonds is 5. The van der Waals surface area contributed by atoms with Gasteiger partial charge in [0.2, 0.25) is 0 Å². The molecule has 0 aliphatic heterocycles. The first-order valence-corrected chi connectivity index (χ1v) is 13.0. The summed E-state index contributed by atoms with van der Waals surface area (Å²) in [7, 11) is 0. The molecular formula is C31H23ClFN5O2. The molecule has 0 radical (unpaired) electrons. The molecule has 0 bridgehead atoms. The number of aromatic nitrogens is 4. The summed E-state index contributed by atoms with van der Waals surface area (Å²) in [5, 5.41) is 4.84. The van der Waals surface area contributed by atoms with Crippen molar-refractivity contribution in [3.05, 3.63) is 128 Å². The van der Waals surface area contributed by atoms with Crippen molar-refractivity contribution >= 4 is 39.2 Å². The first-order chi connectivity index (χ1) is 19.3. The zero-order chi connectivity index (χ0) is 28.0. The highest BCUT2D eigenvalue weighted by molar-refractivity contribution is 6.36. The molecule has 2 N–H and O–H groups in total. The van der Waals surface area contributed by atoms with Crippen molar-refractivity contribution < 1.29 is 4.39 Å². The average Bonchev–Trinajstić information content (AvgIpc) is 2.96. The number of para-hydroxylation sites is 1. The lowest BCUT2D eigenvalue weighted by Gasteiger charge is -2.24. The molecule has 0 fully saturated rings. The molecule has 0 aliphatic rings. The number of nitrogens with one attached hydrogen (secondary N) is 2. The van der Waals surface area contributed by atoms with Crippen LogP contribution < -0.4 is 16.3 Å². The second-order valence-corrected chi connectivity index (χ2v) is 9.89. The molecule has 6 aromatic rings. The molecule has 3 aromatic heterocycles. The molecule has 3 aromatic carbocycles. The van der Waals surface area contributed by atoms with Crippen molar-refractivity contribution in [3.63, 3.8) is 0 Å². The summed E-state index contributed by atoms with van der Waals surface area (Å²) in [6.45, 7) is 3.72. The van der Waals surface area contributed by atoms with Crippen molar-refractivity contribution in [2.45, 2.75) is 19.9 Å². The largest absolute Gasteiger partial charge is 0.361 e. The number of fused-ring (bicyclic) bond motifs is 2. The van der Waals surface area contributed by atoms with E-state index in [2.05, 4.69) is 20.3 Å². The van der Waals surface area contributed by atoms with Crippen LogP contribution in [0.1, 0.15) is 24.2 Å². The lowest BCUT2D eigenvalue weighted by Crippen LogP contribution is -2.27. The molecule has 3 heterocycles. The van der Waals surface area contributed by atoms with Crippen LogP contribution in [0.5, 0.6) is 0 Å². The summed E-state index contributed by atoms with van der Waals surface area (Å²) in [6.07, 6.45) is 2.88. The normalized spacial score (nSPS) is 12.1. The summed E-state index contributed by atoms with van der Waals surface area (Å²) in [5.41, 5.74) is 2.96. The predicted octanol–water partition coefficient (Wildman–Crippen LogP) is 6.56. The van der Waals surface area contributed by atoms with Crippen molar-refractivity contribution in [1.82, 2.24) is 19.5 Å². The summed E-state index contributed by atoms with van der Waals surface area (Å²) >= 11 is 7.14. The lowest BCUT2D eigenvalue weighted by atomic mass is 9.94. The van der Waals surface area contributed by atoms with Crippen molar-refractivity contribution in [2.75, 3.05) is 5.32 Å². The Kier molecular flexibility index (Phi) is 6.40. The Morgan fingerprint density at radius 3 is 2.55 bits per heavy atom. The third-order valence-corrected chi connectivity index (χ3v) is 7.40. The van der Waals surface area contributed by atoms with E-state index in [9.17, 15) is 14.0 Å². The minimum absolute atomic E-state index is 0.246. The Morgan fingerprint density at radius 2 is 1.75 bits per heavy atom. The second kappa shape index (κ2) is 10.1. The van der Waals surface area contributed by atoms with E-state index < -0.39 is 11.9 Å². The van der Waals surface area contributed by atoms with Gasteiger partial charge in [0.25, 0.3) is 5.56 Å². The predicted molar refractivity (Wildman–Crippen MR) is 157 cm³/mol. The fourth-order valence-corrected chi connectivity index (χ4v) is 5.55. The van der Waals surface area contributed by atoms with Gasteiger partial charge in [0.1, 0.15) is 29.0 Å². The van der Waals surface area contributed by atoms with Crippen molar-refractivity contribution in [3.8, 4) is 16.8 Å². The average molecular weight is 552 g/mol. The first kappa shape index (κ1) is 25.5. The van der Waals surface area contributed by atoms with E-state index in [1.165, 1.54) is 30.7 Å². The number of aryl methyl sites for hydroxylation is 1. The van der Waals surface area contributed by atoms with Gasteiger partial charge in [0.15, 0.2) is 5.43 Å². The van der Waals surface area contributed by atoms with Crippen LogP contribution in [-0.2, 0) is 0 Å². The fourth-order valence-electron chi connectivity index (χ4n) is 5.14. The molecular weight excluding hydrogens is 529 g/mol. The van der Waals surface area contributed by atoms with Crippen LogP contribution in [0.2, 0.25) is 5.02 Å². The fraction of sp³-hybridized carbons (Fsp3) is 0.0968. The van der Waals surface area contributed by atoms with E-state index in [0.29, 0.717) is 55.2 Å². The number of nitrogens with zero attached hydrogens (tertiary/aromatic N) is 3. The summed E-state index contributed by atoms with van der Waals surface area (Å²) in [6, 6.07) is 19.9. The van der Waals surface area contributed by atoms with E-state index in [4.69, 9.17) is 11.6 Å². The van der Waals surface area contributed by atoms with Crippen LogP contribution in [0.25, 0.3) is 38.6 Å². The van der Waals surface area contributed by atoms with E-state index >= 15 is 0 Å². The molecule has 40 heavy (non-hydrogen) atoms. The molecule has 0 amide bonds. The highest BCUT2D eigenvalue weighted by atomic mass is 35.5. The number of anilines is 1. The Labute approximate surface area is 232 Å². The molecule has 0 saturated carbocycles. The quantitative estimate of drug-likeness (QED) is 0.253. The van der Waals surface area contributed by atoms with Crippen LogP contribution in [-0.4, -0.2) is 19.5 Å². The van der Waals surface area contributed by atoms with Crippen molar-refractivity contribution in [1.29, 1.82) is 0 Å². The van der Waals surface area contributed by atoms with E-state index in [1.54, 1.807) is 28.8 Å². The number of pyridine rings is 2. The van der Waals surface area contributed by atoms with Crippen molar-refractivity contribution in [2.24, 2.45) is 0 Å². The lowest BCUT2D eigenvalue weighted by molar-refractivity contribution is 0.628. The van der Waals surface area contributed by atoms with Crippen LogP contribution in [0.3, 0.4) is 0 Å². The summed E-state index contributed by atoms with van der Waals surface area (Å²) in [5.74, 6) is -0.0831. The smallest absolute Gasteiger partial charge is 0.263 e. The van der Waals surface area contributed by atoms with E-state index in [0.717, 1.165) is 5.56 Å². The van der Waals surface area contributed by atoms with Gasteiger partial charge in [0, 0.05) is 23.3 Å². The maximum atomic E-state index is 14.4. The van der Waals surface area contributed by atoms with Crippen LogP contribution in [0.4, 0.5) is 10.2 Å².